The largest absolute Gasteiger partial charge is 0.492 e. The maximum atomic E-state index is 11.7. The van der Waals surface area contributed by atoms with Gasteiger partial charge in [-0.05, 0) is 77.6 Å². The summed E-state index contributed by atoms with van der Waals surface area (Å²) in [7, 11) is 0. The van der Waals surface area contributed by atoms with Gasteiger partial charge in [0.1, 0.15) is 35.7 Å². The Balaban J connectivity index is 0.000000251. The molecular weight excluding hydrogens is 680 g/mol. The monoisotopic (exact) mass is 730 g/mol. The number of hydrogen-bond acceptors (Lipinski definition) is 10. The first kappa shape index (κ1) is 36.4. The van der Waals surface area contributed by atoms with Gasteiger partial charge in [-0.1, -0.05) is 41.9 Å². The van der Waals surface area contributed by atoms with Crippen molar-refractivity contribution < 1.29 is 19.0 Å². The summed E-state index contributed by atoms with van der Waals surface area (Å²) in [5.41, 5.74) is 2.76. The number of amides is 1. The molecule has 2 aromatic heterocycles. The van der Waals surface area contributed by atoms with Gasteiger partial charge in [-0.15, -0.1) is 0 Å². The van der Waals surface area contributed by atoms with E-state index in [4.69, 9.17) is 30.8 Å². The Morgan fingerprint density at radius 1 is 1.08 bits per heavy atom. The molecule has 2 aromatic carbocycles. The minimum atomic E-state index is -0.383. The van der Waals surface area contributed by atoms with Crippen LogP contribution in [0.1, 0.15) is 59.4 Å². The quantitative estimate of drug-likeness (QED) is 0.220. The topological polar surface area (TPSA) is 119 Å². The van der Waals surface area contributed by atoms with E-state index >= 15 is 0 Å². The minimum Gasteiger partial charge on any atom is -0.492 e. The highest BCUT2D eigenvalue weighted by Gasteiger charge is 2.42. The molecule has 4 fully saturated rings. The predicted octanol–water partition coefficient (Wildman–Crippen LogP) is 5.77. The molecule has 1 aliphatic carbocycles. The van der Waals surface area contributed by atoms with Crippen molar-refractivity contribution in [1.82, 2.24) is 40.0 Å². The molecule has 2 N–H and O–H groups in total. The molecular formula is C39H51ClN8O4. The zero-order valence-corrected chi connectivity index (χ0v) is 31.7. The number of ether oxygens (including phenoxy) is 3. The number of halogens is 1. The van der Waals surface area contributed by atoms with Crippen LogP contribution in [0.3, 0.4) is 0 Å². The van der Waals surface area contributed by atoms with Crippen LogP contribution in [-0.4, -0.2) is 111 Å². The molecule has 1 amide bonds. The van der Waals surface area contributed by atoms with Gasteiger partial charge < -0.3 is 34.3 Å². The second-order valence-corrected chi connectivity index (χ2v) is 16.1. The molecule has 4 aliphatic rings. The van der Waals surface area contributed by atoms with Crippen LogP contribution in [0.4, 0.5) is 4.79 Å². The fraction of sp³-hybridized carbons (Fsp3) is 0.538. The number of nitrogens with one attached hydrogen (secondary N) is 2. The molecule has 3 aliphatic heterocycles. The lowest BCUT2D eigenvalue weighted by molar-refractivity contribution is 0.0204. The van der Waals surface area contributed by atoms with Crippen LogP contribution in [0.5, 0.6) is 11.6 Å². The third-order valence-corrected chi connectivity index (χ3v) is 10.3. The van der Waals surface area contributed by atoms with Gasteiger partial charge in [-0.2, -0.15) is 4.98 Å². The number of piperazine rings is 2. The Kier molecular flexibility index (Phi) is 10.6. The van der Waals surface area contributed by atoms with E-state index < -0.39 is 0 Å². The highest BCUT2D eigenvalue weighted by Crippen LogP contribution is 2.41. The Labute approximate surface area is 311 Å². The third kappa shape index (κ3) is 8.79. The average Bonchev–Trinajstić information content (AvgIpc) is 3.42. The van der Waals surface area contributed by atoms with Crippen LogP contribution in [0.2, 0.25) is 5.02 Å². The van der Waals surface area contributed by atoms with Crippen LogP contribution in [0.25, 0.3) is 22.6 Å². The van der Waals surface area contributed by atoms with E-state index in [0.29, 0.717) is 47.7 Å². The van der Waals surface area contributed by atoms with Crippen LogP contribution in [0, 0.1) is 0 Å². The van der Waals surface area contributed by atoms with Crippen molar-refractivity contribution in [3.63, 3.8) is 0 Å². The van der Waals surface area contributed by atoms with Crippen LogP contribution < -0.4 is 20.1 Å². The molecule has 3 saturated heterocycles. The van der Waals surface area contributed by atoms with Gasteiger partial charge >= 0.3 is 6.09 Å². The summed E-state index contributed by atoms with van der Waals surface area (Å²) in [5.74, 6) is 1.99. The maximum Gasteiger partial charge on any atom is 0.410 e. The van der Waals surface area contributed by atoms with Crippen molar-refractivity contribution in [2.75, 3.05) is 45.9 Å². The van der Waals surface area contributed by atoms with E-state index in [9.17, 15) is 4.79 Å². The van der Waals surface area contributed by atoms with E-state index in [1.807, 2.05) is 62.1 Å². The van der Waals surface area contributed by atoms with Crippen LogP contribution in [-0.2, 0) is 11.3 Å². The summed E-state index contributed by atoms with van der Waals surface area (Å²) in [6.07, 6.45) is 4.49. The van der Waals surface area contributed by atoms with Gasteiger partial charge in [-0.3, -0.25) is 4.90 Å². The van der Waals surface area contributed by atoms with Crippen molar-refractivity contribution in [2.45, 2.75) is 89.8 Å². The minimum absolute atomic E-state index is 0.161. The lowest BCUT2D eigenvalue weighted by Gasteiger charge is -2.31. The second-order valence-electron chi connectivity index (χ2n) is 15.7. The normalized spacial score (nSPS) is 22.2. The summed E-state index contributed by atoms with van der Waals surface area (Å²) in [6, 6.07) is 17.4. The first-order chi connectivity index (χ1) is 24.9. The number of hydrogen-bond donors (Lipinski definition) is 2. The number of rotatable bonds is 9. The highest BCUT2D eigenvalue weighted by molar-refractivity contribution is 6.33. The Morgan fingerprint density at radius 2 is 1.88 bits per heavy atom. The van der Waals surface area contributed by atoms with Gasteiger partial charge in [-0.25, -0.2) is 14.8 Å². The SMILES string of the molecule is CC(C)(C)OC(=O)N1C[C@@H]2C[C@H]1CN2.C[C@H]1CN(CCOc2ccc(-c3nc4c(OC5(C)CC5)ncnc4n3Cc3ccccc3)c(Cl)c2)CCN1. The number of benzene rings is 2. The summed E-state index contributed by atoms with van der Waals surface area (Å²) < 4.78 is 19.7. The standard InChI is InChI=1S/C29H33ClN6O2.C10H18N2O2/c1-20-17-35(13-12-31-20)14-15-37-22-8-9-23(24(30)16-22)26-34-25-27(36(26)18-21-6-4-3-5-7-21)32-19-33-28(25)38-29(2)10-11-29;1-10(2,3)14-9(13)12-6-7-4-8(12)5-11-7/h3-9,16,19-20,31H,10-15,17-18H2,1-2H3;7-8,11H,4-6H2,1-3H3/t20-;7-,8-/m00/s1. The van der Waals surface area contributed by atoms with E-state index in [-0.39, 0.29) is 17.3 Å². The molecule has 3 atom stereocenters. The molecule has 278 valence electrons. The zero-order valence-electron chi connectivity index (χ0n) is 30.9. The number of nitrogens with zero attached hydrogens (tertiary/aromatic N) is 6. The van der Waals surface area contributed by atoms with Gasteiger partial charge in [0.05, 0.1) is 11.6 Å². The number of carbonyl (C=O) groups is 1. The molecule has 12 nitrogen and oxygen atoms in total. The predicted molar refractivity (Wildman–Crippen MR) is 202 cm³/mol. The van der Waals surface area contributed by atoms with Crippen molar-refractivity contribution in [1.29, 1.82) is 0 Å². The molecule has 0 unspecified atom stereocenters. The Morgan fingerprint density at radius 3 is 2.56 bits per heavy atom. The van der Waals surface area contributed by atoms with Gasteiger partial charge in [0.25, 0.3) is 0 Å². The van der Waals surface area contributed by atoms with Gasteiger partial charge in [0.2, 0.25) is 5.88 Å². The first-order valence-electron chi connectivity index (χ1n) is 18.5. The second kappa shape index (κ2) is 15.2. The van der Waals surface area contributed by atoms with Crippen LogP contribution in [0.15, 0.2) is 54.9 Å². The molecule has 0 spiro atoms. The van der Waals surface area contributed by atoms with Crippen molar-refractivity contribution in [3.05, 3.63) is 65.4 Å². The number of imidazole rings is 1. The molecule has 52 heavy (non-hydrogen) atoms. The lowest BCUT2D eigenvalue weighted by atomic mass is 10.2. The molecule has 8 rings (SSSR count). The number of aromatic nitrogens is 4. The maximum absolute atomic E-state index is 11.7. The number of likely N-dealkylation sites (tertiary alicyclic amines) is 1. The molecule has 2 bridgehead atoms. The van der Waals surface area contributed by atoms with Crippen LogP contribution >= 0.6 is 11.6 Å². The summed E-state index contributed by atoms with van der Waals surface area (Å²) in [5, 5.41) is 7.40. The average molecular weight is 731 g/mol. The van der Waals surface area contributed by atoms with E-state index in [1.54, 1.807) is 6.33 Å². The van der Waals surface area contributed by atoms with Crippen molar-refractivity contribution >= 4 is 28.9 Å². The van der Waals surface area contributed by atoms with E-state index in [0.717, 1.165) is 86.9 Å². The summed E-state index contributed by atoms with van der Waals surface area (Å²) >= 11 is 6.85. The third-order valence-electron chi connectivity index (χ3n) is 9.97. The first-order valence-corrected chi connectivity index (χ1v) is 18.9. The highest BCUT2D eigenvalue weighted by atomic mass is 35.5. The molecule has 5 heterocycles. The fourth-order valence-electron chi connectivity index (χ4n) is 7.00. The molecule has 0 radical (unpaired) electrons. The molecule has 1 saturated carbocycles. The van der Waals surface area contributed by atoms with Gasteiger partial charge in [0.15, 0.2) is 11.2 Å². The molecule has 4 aromatic rings. The van der Waals surface area contributed by atoms with Crippen molar-refractivity contribution in [2.24, 2.45) is 0 Å². The fourth-order valence-corrected chi connectivity index (χ4v) is 7.26. The van der Waals surface area contributed by atoms with Gasteiger partial charge in [0, 0.05) is 63.0 Å². The smallest absolute Gasteiger partial charge is 0.410 e. The van der Waals surface area contributed by atoms with E-state index in [2.05, 4.69) is 56.0 Å². The Hall–Kier alpha value is -3.97. The Bertz CT molecular complexity index is 1860. The lowest BCUT2D eigenvalue weighted by Crippen LogP contribution is -2.50. The zero-order chi connectivity index (χ0) is 36.5. The summed E-state index contributed by atoms with van der Waals surface area (Å²) in [4.78, 5) is 30.0. The number of fused-ring (bicyclic) bond motifs is 3. The number of carbonyl (C=O) groups excluding carboxylic acids is 1. The molecule has 13 heteroatoms. The summed E-state index contributed by atoms with van der Waals surface area (Å²) in [6.45, 7) is 16.9. The van der Waals surface area contributed by atoms with E-state index in [1.165, 1.54) is 0 Å². The van der Waals surface area contributed by atoms with Crippen molar-refractivity contribution in [3.8, 4) is 23.0 Å².